The van der Waals surface area contributed by atoms with E-state index < -0.39 is 0 Å². The van der Waals surface area contributed by atoms with Crippen LogP contribution in [0.4, 0.5) is 11.9 Å². The molecule has 0 aliphatic heterocycles. The average Bonchev–Trinajstić information content (AvgIpc) is 3.44. The quantitative estimate of drug-likeness (QED) is 0.130. The minimum Gasteiger partial charge on any atom is -0.466 e. The highest BCUT2D eigenvalue weighted by Gasteiger charge is 2.44. The molecule has 4 aromatic rings. The molecule has 6 unspecified atom stereocenters. The van der Waals surface area contributed by atoms with Gasteiger partial charge in [0, 0.05) is 25.9 Å². The van der Waals surface area contributed by atoms with E-state index >= 15 is 0 Å². The van der Waals surface area contributed by atoms with Crippen molar-refractivity contribution in [1.82, 2.24) is 39.0 Å². The molecule has 0 bridgehead atoms. The van der Waals surface area contributed by atoms with Gasteiger partial charge in [-0.1, -0.05) is 38.3 Å². The molecular formula is C28H35BrCl2N10O5. The summed E-state index contributed by atoms with van der Waals surface area (Å²) >= 11 is 15.8. The lowest BCUT2D eigenvalue weighted by Gasteiger charge is -2.45. The van der Waals surface area contributed by atoms with E-state index in [1.165, 1.54) is 13.8 Å². The first kappa shape index (κ1) is 33.9. The average molecular weight is 742 g/mol. The first-order chi connectivity index (χ1) is 21.8. The maximum absolute atomic E-state index is 12.0. The summed E-state index contributed by atoms with van der Waals surface area (Å²) in [4.78, 5) is 57.3. The maximum atomic E-state index is 12.0. The summed E-state index contributed by atoms with van der Waals surface area (Å²) in [6.07, 6.45) is 3.53. The Morgan fingerprint density at radius 1 is 0.870 bits per heavy atom. The van der Waals surface area contributed by atoms with Crippen LogP contribution < -0.4 is 17.0 Å². The third-order valence-electron chi connectivity index (χ3n) is 8.89. The van der Waals surface area contributed by atoms with Crippen molar-refractivity contribution in [3.63, 3.8) is 0 Å². The molecule has 6 atom stereocenters. The van der Waals surface area contributed by atoms with Gasteiger partial charge in [0.05, 0.1) is 13.2 Å². The van der Waals surface area contributed by atoms with Crippen molar-refractivity contribution in [3.05, 3.63) is 25.5 Å². The second kappa shape index (κ2) is 13.7. The molecule has 248 valence electrons. The highest BCUT2D eigenvalue weighted by atomic mass is 79.9. The molecule has 18 heteroatoms. The second-order valence-corrected chi connectivity index (χ2v) is 13.0. The van der Waals surface area contributed by atoms with Crippen LogP contribution in [-0.2, 0) is 19.1 Å². The first-order valence-electron chi connectivity index (χ1n) is 14.9. The molecule has 0 aromatic carbocycles. The van der Waals surface area contributed by atoms with Crippen LogP contribution in [0, 0.1) is 23.7 Å². The van der Waals surface area contributed by atoms with Crippen LogP contribution in [0.15, 0.2) is 9.53 Å². The highest BCUT2D eigenvalue weighted by molar-refractivity contribution is 9.10. The van der Waals surface area contributed by atoms with E-state index in [2.05, 4.69) is 59.7 Å². The van der Waals surface area contributed by atoms with Gasteiger partial charge in [-0.25, -0.2) is 9.97 Å². The van der Waals surface area contributed by atoms with Crippen molar-refractivity contribution >= 4 is 85.3 Å². The predicted octanol–water partition coefficient (Wildman–Crippen LogP) is 4.48. The number of aromatic nitrogens is 8. The summed E-state index contributed by atoms with van der Waals surface area (Å²) in [5, 5.41) is 0.508. The van der Waals surface area contributed by atoms with Gasteiger partial charge in [0.1, 0.15) is 5.52 Å². The Morgan fingerprint density at radius 2 is 1.41 bits per heavy atom. The number of fused-ring (bicyclic) bond motifs is 2. The number of nitrogens with zero attached hydrogens (tertiary/aromatic N) is 7. The molecule has 0 saturated heterocycles. The van der Waals surface area contributed by atoms with Crippen LogP contribution >= 0.6 is 39.1 Å². The zero-order valence-electron chi connectivity index (χ0n) is 25.7. The number of carbonyl (C=O) groups is 2. The largest absolute Gasteiger partial charge is 0.466 e. The lowest BCUT2D eigenvalue weighted by Crippen LogP contribution is -2.41. The van der Waals surface area contributed by atoms with Gasteiger partial charge in [-0.2, -0.15) is 15.0 Å². The maximum Gasteiger partial charge on any atom is 0.302 e. The Labute approximate surface area is 281 Å². The number of hydrogen-bond donors (Lipinski definition) is 3. The van der Waals surface area contributed by atoms with Crippen molar-refractivity contribution in [3.8, 4) is 0 Å². The van der Waals surface area contributed by atoms with Gasteiger partial charge < -0.3 is 20.9 Å². The zero-order valence-corrected chi connectivity index (χ0v) is 28.8. The van der Waals surface area contributed by atoms with Gasteiger partial charge in [0.2, 0.25) is 17.2 Å². The fraction of sp³-hybridized carbons (Fsp3) is 0.571. The molecule has 4 heterocycles. The number of halogens is 3. The van der Waals surface area contributed by atoms with E-state index in [0.29, 0.717) is 63.7 Å². The van der Waals surface area contributed by atoms with Crippen molar-refractivity contribution in [1.29, 1.82) is 0 Å². The topological polar surface area (TPSA) is 212 Å². The molecule has 2 fully saturated rings. The van der Waals surface area contributed by atoms with E-state index in [1.54, 1.807) is 0 Å². The summed E-state index contributed by atoms with van der Waals surface area (Å²) in [6.45, 7) is 7.87. The number of nitrogens with two attached hydrogens (primary N) is 2. The van der Waals surface area contributed by atoms with Crippen molar-refractivity contribution in [2.75, 3.05) is 24.7 Å². The molecule has 0 radical (unpaired) electrons. The molecule has 2 saturated carbocycles. The van der Waals surface area contributed by atoms with E-state index in [4.69, 9.17) is 44.1 Å². The molecule has 2 aliphatic carbocycles. The number of carbonyl (C=O) groups excluding carboxylic acids is 2. The zero-order chi connectivity index (χ0) is 33.4. The molecule has 6 rings (SSSR count). The number of rotatable bonds is 8. The number of ether oxygens (including phenoxy) is 2. The number of nitrogen functional groups attached to an aromatic ring is 2. The van der Waals surface area contributed by atoms with Gasteiger partial charge in [-0.05, 0) is 64.0 Å². The molecular weight excluding hydrogens is 707 g/mol. The lowest BCUT2D eigenvalue weighted by atomic mass is 9.68. The number of aromatic amines is 1. The van der Waals surface area contributed by atoms with Crippen LogP contribution in [0.5, 0.6) is 0 Å². The van der Waals surface area contributed by atoms with Gasteiger partial charge in [0.25, 0.3) is 5.56 Å². The smallest absolute Gasteiger partial charge is 0.302 e. The fourth-order valence-corrected chi connectivity index (χ4v) is 7.80. The van der Waals surface area contributed by atoms with Crippen molar-refractivity contribution in [2.45, 2.75) is 65.5 Å². The first-order valence-corrected chi connectivity index (χ1v) is 16.5. The van der Waals surface area contributed by atoms with E-state index in [0.717, 1.165) is 25.7 Å². The Kier molecular flexibility index (Phi) is 10.1. The number of esters is 2. The van der Waals surface area contributed by atoms with E-state index in [9.17, 15) is 14.4 Å². The standard InChI is InChI=1S/C14H18BrN5O3.C14H17Cl2N5O2/c1-3-8-7(5-23-6(2)21)4-9(8)20-11-10(17-13(20)15)12(22)19-14(16)18-11;1-3-8-7(5-23-6(2)22)4-9(8)21-12-10(18-13(21)16)11(15)19-14(17)20-12/h7-9H,3-5H2,1-2H3,(H3,16,18,19,22);7-9H,3-5H2,1-2H3,(H2,17,19,20). The van der Waals surface area contributed by atoms with Crippen LogP contribution in [0.25, 0.3) is 22.3 Å². The molecule has 2 aliphatic rings. The van der Waals surface area contributed by atoms with Crippen LogP contribution in [0.2, 0.25) is 10.4 Å². The SMILES string of the molecule is CCC1C(COC(C)=O)CC1n1c(Br)nc2c(=O)[nH]c(N)nc21.CCC1C(COC(C)=O)CC1n1c(Cl)nc2c(Cl)nc(N)nc21. The monoisotopic (exact) mass is 740 g/mol. The van der Waals surface area contributed by atoms with Crippen LogP contribution in [0.1, 0.15) is 65.5 Å². The van der Waals surface area contributed by atoms with Crippen LogP contribution in [0.3, 0.4) is 0 Å². The van der Waals surface area contributed by atoms with Gasteiger partial charge in [0.15, 0.2) is 26.7 Å². The summed E-state index contributed by atoms with van der Waals surface area (Å²) < 4.78 is 14.6. The lowest BCUT2D eigenvalue weighted by molar-refractivity contribution is -0.146. The summed E-state index contributed by atoms with van der Waals surface area (Å²) in [5.41, 5.74) is 12.7. The number of nitrogens with one attached hydrogen (secondary N) is 1. The van der Waals surface area contributed by atoms with E-state index in [-0.39, 0.29) is 52.1 Å². The Bertz CT molecular complexity index is 1840. The molecule has 46 heavy (non-hydrogen) atoms. The summed E-state index contributed by atoms with van der Waals surface area (Å²) in [6, 6.07) is 0.275. The van der Waals surface area contributed by atoms with Crippen molar-refractivity contribution in [2.24, 2.45) is 23.7 Å². The molecule has 4 aromatic heterocycles. The molecule has 15 nitrogen and oxygen atoms in total. The Balaban J connectivity index is 0.000000181. The van der Waals surface area contributed by atoms with E-state index in [1.807, 2.05) is 9.13 Å². The van der Waals surface area contributed by atoms with Crippen LogP contribution in [-0.4, -0.2) is 64.2 Å². The Morgan fingerprint density at radius 3 is 1.96 bits per heavy atom. The third-order valence-corrected chi connectivity index (χ3v) is 9.98. The molecule has 5 N–H and O–H groups in total. The van der Waals surface area contributed by atoms with Gasteiger partial charge >= 0.3 is 11.9 Å². The number of imidazole rings is 2. The molecule has 0 spiro atoms. The highest BCUT2D eigenvalue weighted by Crippen LogP contribution is 2.49. The second-order valence-electron chi connectivity index (χ2n) is 11.5. The minimum atomic E-state index is -0.351. The van der Waals surface area contributed by atoms with Crippen molar-refractivity contribution < 1.29 is 19.1 Å². The summed E-state index contributed by atoms with van der Waals surface area (Å²) in [7, 11) is 0. The normalized spacial score (nSPS) is 23.7. The van der Waals surface area contributed by atoms with Gasteiger partial charge in [-0.15, -0.1) is 0 Å². The number of H-pyrrole nitrogens is 1. The summed E-state index contributed by atoms with van der Waals surface area (Å²) in [5.74, 6) is 0.878. The minimum absolute atomic E-state index is 0.0694. The fourth-order valence-electron chi connectivity index (χ4n) is 6.68. The molecule has 0 amide bonds. The number of hydrogen-bond acceptors (Lipinski definition) is 12. The third kappa shape index (κ3) is 6.51. The van der Waals surface area contributed by atoms with Gasteiger partial charge in [-0.3, -0.25) is 28.5 Å². The number of anilines is 2. The predicted molar refractivity (Wildman–Crippen MR) is 175 cm³/mol. The Hall–Kier alpha value is -3.50.